The first kappa shape index (κ1) is 34.1. The van der Waals surface area contributed by atoms with Gasteiger partial charge in [-0.05, 0) is 134 Å². The van der Waals surface area contributed by atoms with Crippen LogP contribution in [0.5, 0.6) is 0 Å². The van der Waals surface area contributed by atoms with Crippen molar-refractivity contribution in [3.8, 4) is 0 Å². The first-order chi connectivity index (χ1) is 25.4. The van der Waals surface area contributed by atoms with E-state index >= 15 is 0 Å². The summed E-state index contributed by atoms with van der Waals surface area (Å²) in [5, 5.41) is 0. The SMILES string of the molecule is Cc1ccc(N(c2ccc(/C=C/c3ccc(/C=C/c4ccc(N(c5ccc(C)cc5)c5cccc(C)c5)cc4)cc3)cc2)c2cccc(C)c2)cc1. The zero-order valence-corrected chi connectivity index (χ0v) is 30.4. The highest BCUT2D eigenvalue weighted by atomic mass is 15.1. The maximum absolute atomic E-state index is 2.31. The van der Waals surface area contributed by atoms with Crippen LogP contribution in [0.3, 0.4) is 0 Å². The highest BCUT2D eigenvalue weighted by Gasteiger charge is 2.14. The van der Waals surface area contributed by atoms with Crippen LogP contribution in [0.1, 0.15) is 44.5 Å². The lowest BCUT2D eigenvalue weighted by molar-refractivity contribution is 1.26. The van der Waals surface area contributed by atoms with Gasteiger partial charge in [0.05, 0.1) is 0 Å². The minimum absolute atomic E-state index is 1.13. The number of aryl methyl sites for hydroxylation is 4. The zero-order valence-electron chi connectivity index (χ0n) is 30.4. The summed E-state index contributed by atoms with van der Waals surface area (Å²) in [6.07, 6.45) is 8.70. The van der Waals surface area contributed by atoms with Gasteiger partial charge in [-0.1, -0.05) is 132 Å². The third-order valence-corrected chi connectivity index (χ3v) is 9.28. The van der Waals surface area contributed by atoms with Crippen LogP contribution in [0, 0.1) is 27.7 Å². The maximum Gasteiger partial charge on any atom is 0.0464 e. The Hall–Kier alpha value is -6.38. The predicted molar refractivity (Wildman–Crippen MR) is 225 cm³/mol. The van der Waals surface area contributed by atoms with E-state index in [-0.39, 0.29) is 0 Å². The van der Waals surface area contributed by atoms with E-state index in [2.05, 4.69) is 232 Å². The second-order valence-corrected chi connectivity index (χ2v) is 13.5. The van der Waals surface area contributed by atoms with E-state index < -0.39 is 0 Å². The third kappa shape index (κ3) is 8.31. The van der Waals surface area contributed by atoms with Crippen LogP contribution in [0.4, 0.5) is 34.1 Å². The van der Waals surface area contributed by atoms with Crippen molar-refractivity contribution in [2.45, 2.75) is 27.7 Å². The summed E-state index contributed by atoms with van der Waals surface area (Å²) in [5.74, 6) is 0. The third-order valence-electron chi connectivity index (χ3n) is 9.28. The molecule has 0 spiro atoms. The molecular weight excluding hydrogens is 629 g/mol. The molecule has 52 heavy (non-hydrogen) atoms. The Kier molecular flexibility index (Phi) is 10.3. The Bertz CT molecular complexity index is 2130. The molecule has 0 aliphatic carbocycles. The normalized spacial score (nSPS) is 11.3. The number of nitrogens with zero attached hydrogens (tertiary/aromatic N) is 2. The van der Waals surface area contributed by atoms with Crippen molar-refractivity contribution in [2.75, 3.05) is 9.80 Å². The zero-order chi connectivity index (χ0) is 35.9. The Morgan fingerprint density at radius 1 is 0.269 bits per heavy atom. The van der Waals surface area contributed by atoms with Crippen LogP contribution < -0.4 is 9.80 Å². The molecule has 2 nitrogen and oxygen atoms in total. The minimum atomic E-state index is 1.13. The Balaban J connectivity index is 1.02. The van der Waals surface area contributed by atoms with E-state index in [9.17, 15) is 0 Å². The van der Waals surface area contributed by atoms with Gasteiger partial charge < -0.3 is 9.80 Å². The molecule has 0 unspecified atom stereocenters. The highest BCUT2D eigenvalue weighted by Crippen LogP contribution is 2.36. The molecule has 254 valence electrons. The van der Waals surface area contributed by atoms with Gasteiger partial charge in [0.25, 0.3) is 0 Å². The second kappa shape index (κ2) is 15.7. The number of hydrogen-bond donors (Lipinski definition) is 0. The molecule has 0 saturated carbocycles. The molecule has 0 atom stereocenters. The average Bonchev–Trinajstić information content (AvgIpc) is 3.16. The second-order valence-electron chi connectivity index (χ2n) is 13.5. The van der Waals surface area contributed by atoms with E-state index in [0.29, 0.717) is 0 Å². The van der Waals surface area contributed by atoms with Crippen molar-refractivity contribution in [1.29, 1.82) is 0 Å². The van der Waals surface area contributed by atoms with Gasteiger partial charge in [0.2, 0.25) is 0 Å². The van der Waals surface area contributed by atoms with Crippen LogP contribution >= 0.6 is 0 Å². The monoisotopic (exact) mass is 672 g/mol. The van der Waals surface area contributed by atoms with Crippen LogP contribution in [0.25, 0.3) is 24.3 Å². The molecule has 0 saturated heterocycles. The highest BCUT2D eigenvalue weighted by molar-refractivity contribution is 5.80. The molecule has 0 amide bonds. The molecule has 7 aromatic rings. The lowest BCUT2D eigenvalue weighted by atomic mass is 10.1. The van der Waals surface area contributed by atoms with Gasteiger partial charge in [-0.2, -0.15) is 0 Å². The van der Waals surface area contributed by atoms with Gasteiger partial charge in [-0.15, -0.1) is 0 Å². The summed E-state index contributed by atoms with van der Waals surface area (Å²) in [6.45, 7) is 8.53. The van der Waals surface area contributed by atoms with E-state index in [0.717, 1.165) is 45.3 Å². The van der Waals surface area contributed by atoms with E-state index in [4.69, 9.17) is 0 Å². The number of rotatable bonds is 10. The molecule has 7 rings (SSSR count). The molecule has 2 heteroatoms. The Labute approximate surface area is 309 Å². The topological polar surface area (TPSA) is 6.48 Å². The fourth-order valence-corrected chi connectivity index (χ4v) is 6.39. The smallest absolute Gasteiger partial charge is 0.0464 e. The van der Waals surface area contributed by atoms with E-state index in [1.54, 1.807) is 0 Å². The fourth-order valence-electron chi connectivity index (χ4n) is 6.39. The number of benzene rings is 7. The van der Waals surface area contributed by atoms with Crippen LogP contribution in [-0.4, -0.2) is 0 Å². The summed E-state index contributed by atoms with van der Waals surface area (Å²) in [6, 6.07) is 61.0. The number of anilines is 6. The van der Waals surface area contributed by atoms with E-state index in [1.807, 2.05) is 0 Å². The minimum Gasteiger partial charge on any atom is -0.310 e. The molecule has 0 bridgehead atoms. The molecule has 0 aromatic heterocycles. The molecule has 0 aliphatic rings. The van der Waals surface area contributed by atoms with Crippen molar-refractivity contribution in [3.63, 3.8) is 0 Å². The number of hydrogen-bond acceptors (Lipinski definition) is 2. The Morgan fingerprint density at radius 2 is 0.538 bits per heavy atom. The van der Waals surface area contributed by atoms with Crippen LogP contribution in [0.15, 0.2) is 170 Å². The largest absolute Gasteiger partial charge is 0.310 e. The summed E-state index contributed by atoms with van der Waals surface area (Å²) in [5.41, 5.74) is 16.5. The quantitative estimate of drug-likeness (QED) is 0.133. The van der Waals surface area contributed by atoms with Crippen molar-refractivity contribution >= 4 is 58.4 Å². The first-order valence-electron chi connectivity index (χ1n) is 17.9. The standard InChI is InChI=1S/C50H44N2/c1-37-11-27-45(28-12-37)51(49-9-5-7-39(3)35-49)47-31-23-43(24-32-47)21-19-41-15-17-42(18-16-41)20-22-44-25-33-48(34-26-44)52(46-29-13-38(2)14-30-46)50-10-6-8-40(4)36-50/h5-36H,1-4H3/b21-19+,22-20+. The van der Waals surface area contributed by atoms with Gasteiger partial charge in [0.1, 0.15) is 0 Å². The maximum atomic E-state index is 2.31. The summed E-state index contributed by atoms with van der Waals surface area (Å²) in [7, 11) is 0. The van der Waals surface area contributed by atoms with Crippen molar-refractivity contribution in [2.24, 2.45) is 0 Å². The van der Waals surface area contributed by atoms with Gasteiger partial charge in [0.15, 0.2) is 0 Å². The molecule has 0 heterocycles. The van der Waals surface area contributed by atoms with Gasteiger partial charge in [0, 0.05) is 34.1 Å². The van der Waals surface area contributed by atoms with Crippen molar-refractivity contribution in [3.05, 3.63) is 214 Å². The molecule has 7 aromatic carbocycles. The van der Waals surface area contributed by atoms with Gasteiger partial charge in [-0.25, -0.2) is 0 Å². The molecule has 0 N–H and O–H groups in total. The lowest BCUT2D eigenvalue weighted by Gasteiger charge is -2.26. The fraction of sp³-hybridized carbons (Fsp3) is 0.0800. The summed E-state index contributed by atoms with van der Waals surface area (Å²) >= 11 is 0. The summed E-state index contributed by atoms with van der Waals surface area (Å²) in [4.78, 5) is 4.62. The van der Waals surface area contributed by atoms with Crippen LogP contribution in [0.2, 0.25) is 0 Å². The van der Waals surface area contributed by atoms with Crippen LogP contribution in [-0.2, 0) is 0 Å². The predicted octanol–water partition coefficient (Wildman–Crippen LogP) is 14.2. The molecule has 0 aliphatic heterocycles. The van der Waals surface area contributed by atoms with Gasteiger partial charge in [-0.3, -0.25) is 0 Å². The Morgan fingerprint density at radius 3 is 0.827 bits per heavy atom. The molecule has 0 fully saturated rings. The lowest BCUT2D eigenvalue weighted by Crippen LogP contribution is -2.10. The van der Waals surface area contributed by atoms with E-state index in [1.165, 1.54) is 33.4 Å². The first-order valence-corrected chi connectivity index (χ1v) is 17.9. The molecular formula is C50H44N2. The van der Waals surface area contributed by atoms with Gasteiger partial charge >= 0.3 is 0 Å². The van der Waals surface area contributed by atoms with Crippen molar-refractivity contribution < 1.29 is 0 Å². The summed E-state index contributed by atoms with van der Waals surface area (Å²) < 4.78 is 0. The molecule has 0 radical (unpaired) electrons. The van der Waals surface area contributed by atoms with Crippen molar-refractivity contribution in [1.82, 2.24) is 0 Å². The average molecular weight is 673 g/mol.